The van der Waals surface area contributed by atoms with Crippen LogP contribution in [0.5, 0.6) is 0 Å². The number of ether oxygens (including phenoxy) is 1. The fraction of sp³-hybridized carbons (Fsp3) is 0.286. The van der Waals surface area contributed by atoms with E-state index in [1.165, 1.54) is 37.3 Å². The molecule has 0 bridgehead atoms. The van der Waals surface area contributed by atoms with Gasteiger partial charge in [-0.1, -0.05) is 12.1 Å². The van der Waals surface area contributed by atoms with Gasteiger partial charge in [0.25, 0.3) is 0 Å². The van der Waals surface area contributed by atoms with E-state index in [2.05, 4.69) is 14.6 Å². The number of aryl methyl sites for hydroxylation is 1. The number of nitrogens with zero attached hydrogens (tertiary/aromatic N) is 1. The minimum atomic E-state index is -0.475. The first kappa shape index (κ1) is 16.6. The Morgan fingerprint density at radius 2 is 2.04 bits per heavy atom. The van der Waals surface area contributed by atoms with Gasteiger partial charge in [0.1, 0.15) is 5.82 Å². The first-order valence-corrected chi connectivity index (χ1v) is 8.89. The minimum Gasteiger partial charge on any atom is -0.453 e. The first-order valence-electron chi connectivity index (χ1n) is 8.89. The zero-order chi connectivity index (χ0) is 18.1. The van der Waals surface area contributed by atoms with Crippen LogP contribution in [-0.4, -0.2) is 17.8 Å². The van der Waals surface area contributed by atoms with E-state index in [-0.39, 0.29) is 5.82 Å². The molecule has 1 heterocycles. The van der Waals surface area contributed by atoms with Crippen LogP contribution >= 0.6 is 0 Å². The van der Waals surface area contributed by atoms with Gasteiger partial charge in [-0.05, 0) is 67.1 Å². The monoisotopic (exact) mass is 352 g/mol. The van der Waals surface area contributed by atoms with Crippen molar-refractivity contribution in [1.29, 1.82) is 0 Å². The van der Waals surface area contributed by atoms with E-state index < -0.39 is 6.09 Å². The number of amides is 1. The second-order valence-corrected chi connectivity index (χ2v) is 6.70. The number of benzene rings is 2. The molecule has 0 saturated carbocycles. The number of hydrogen-bond donors (Lipinski definition) is 1. The van der Waals surface area contributed by atoms with Crippen molar-refractivity contribution in [3.8, 4) is 0 Å². The maximum atomic E-state index is 13.6. The summed E-state index contributed by atoms with van der Waals surface area (Å²) < 4.78 is 20.6. The standard InChI is InChI=1S/C21H21FN2O2/c1-26-21(25)23-16-9-10-20-18(12-16)17-7-2-3-8-19(17)24(20)13-14-5-4-6-15(22)11-14/h4-6,9-12H,2-3,7-8,13H2,1H3,(H,23,25). The molecule has 1 aliphatic carbocycles. The topological polar surface area (TPSA) is 43.3 Å². The van der Waals surface area contributed by atoms with E-state index in [4.69, 9.17) is 0 Å². The Morgan fingerprint density at radius 3 is 2.85 bits per heavy atom. The van der Waals surface area contributed by atoms with Gasteiger partial charge in [0, 0.05) is 28.8 Å². The Hall–Kier alpha value is -2.82. The van der Waals surface area contributed by atoms with Gasteiger partial charge < -0.3 is 9.30 Å². The predicted molar refractivity (Wildman–Crippen MR) is 100 cm³/mol. The summed E-state index contributed by atoms with van der Waals surface area (Å²) in [6, 6.07) is 12.7. The number of fused-ring (bicyclic) bond motifs is 3. The van der Waals surface area contributed by atoms with Crippen molar-refractivity contribution in [2.24, 2.45) is 0 Å². The van der Waals surface area contributed by atoms with Crippen molar-refractivity contribution in [3.05, 3.63) is 65.1 Å². The average molecular weight is 352 g/mol. The molecule has 0 unspecified atom stereocenters. The van der Waals surface area contributed by atoms with Crippen molar-refractivity contribution in [1.82, 2.24) is 4.57 Å². The summed E-state index contributed by atoms with van der Waals surface area (Å²) in [6.45, 7) is 0.646. The molecular weight excluding hydrogens is 331 g/mol. The van der Waals surface area contributed by atoms with Crippen molar-refractivity contribution < 1.29 is 13.9 Å². The molecule has 1 amide bonds. The Bertz CT molecular complexity index is 978. The molecule has 2 aromatic carbocycles. The number of anilines is 1. The molecule has 26 heavy (non-hydrogen) atoms. The molecule has 4 rings (SSSR count). The zero-order valence-corrected chi connectivity index (χ0v) is 14.7. The molecule has 134 valence electrons. The number of nitrogens with one attached hydrogen (secondary N) is 1. The maximum Gasteiger partial charge on any atom is 0.411 e. The molecule has 4 nitrogen and oxygen atoms in total. The highest BCUT2D eigenvalue weighted by molar-refractivity contribution is 5.93. The third kappa shape index (κ3) is 3.05. The second kappa shape index (κ2) is 6.83. The van der Waals surface area contributed by atoms with E-state index in [0.29, 0.717) is 6.54 Å². The molecule has 0 spiro atoms. The highest BCUT2D eigenvalue weighted by atomic mass is 19.1. The van der Waals surface area contributed by atoms with Crippen LogP contribution in [0.1, 0.15) is 29.7 Å². The number of aromatic nitrogens is 1. The van der Waals surface area contributed by atoms with E-state index in [0.717, 1.165) is 35.0 Å². The van der Waals surface area contributed by atoms with Crippen LogP contribution in [0, 0.1) is 5.82 Å². The fourth-order valence-corrected chi connectivity index (χ4v) is 3.88. The molecule has 0 aliphatic heterocycles. The Morgan fingerprint density at radius 1 is 1.19 bits per heavy atom. The Labute approximate surface area is 151 Å². The fourth-order valence-electron chi connectivity index (χ4n) is 3.88. The largest absolute Gasteiger partial charge is 0.453 e. The summed E-state index contributed by atoms with van der Waals surface area (Å²) in [5, 5.41) is 3.89. The quantitative estimate of drug-likeness (QED) is 0.730. The van der Waals surface area contributed by atoms with Gasteiger partial charge in [-0.3, -0.25) is 5.32 Å². The lowest BCUT2D eigenvalue weighted by molar-refractivity contribution is 0.187. The van der Waals surface area contributed by atoms with Crippen molar-refractivity contribution in [3.63, 3.8) is 0 Å². The lowest BCUT2D eigenvalue weighted by atomic mass is 9.95. The van der Waals surface area contributed by atoms with Gasteiger partial charge in [-0.2, -0.15) is 0 Å². The van der Waals surface area contributed by atoms with Crippen molar-refractivity contribution in [2.75, 3.05) is 12.4 Å². The highest BCUT2D eigenvalue weighted by Crippen LogP contribution is 2.34. The van der Waals surface area contributed by atoms with E-state index in [1.807, 2.05) is 24.3 Å². The number of halogens is 1. The summed E-state index contributed by atoms with van der Waals surface area (Å²) in [6.07, 6.45) is 3.92. The molecule has 0 radical (unpaired) electrons. The van der Waals surface area contributed by atoms with E-state index in [1.54, 1.807) is 12.1 Å². The van der Waals surface area contributed by atoms with Crippen LogP contribution in [0.25, 0.3) is 10.9 Å². The molecular formula is C21H21FN2O2. The van der Waals surface area contributed by atoms with Gasteiger partial charge in [-0.15, -0.1) is 0 Å². The molecule has 3 aromatic rings. The number of rotatable bonds is 3. The average Bonchev–Trinajstić information content (AvgIpc) is 2.95. The summed E-state index contributed by atoms with van der Waals surface area (Å²) in [4.78, 5) is 11.5. The molecule has 0 saturated heterocycles. The molecule has 1 aliphatic rings. The van der Waals surface area contributed by atoms with Gasteiger partial charge in [0.15, 0.2) is 0 Å². The minimum absolute atomic E-state index is 0.211. The van der Waals surface area contributed by atoms with Crippen LogP contribution in [0.3, 0.4) is 0 Å². The van der Waals surface area contributed by atoms with E-state index in [9.17, 15) is 9.18 Å². The van der Waals surface area contributed by atoms with Crippen LogP contribution < -0.4 is 5.32 Å². The second-order valence-electron chi connectivity index (χ2n) is 6.70. The van der Waals surface area contributed by atoms with E-state index >= 15 is 0 Å². The maximum absolute atomic E-state index is 13.6. The Kier molecular flexibility index (Phi) is 4.37. The van der Waals surface area contributed by atoms with Crippen LogP contribution in [0.4, 0.5) is 14.9 Å². The number of carbonyl (C=O) groups excluding carboxylic acids is 1. The lowest BCUT2D eigenvalue weighted by Gasteiger charge is -2.16. The summed E-state index contributed by atoms with van der Waals surface area (Å²) in [5.74, 6) is -0.211. The lowest BCUT2D eigenvalue weighted by Crippen LogP contribution is -2.10. The Balaban J connectivity index is 1.80. The predicted octanol–water partition coefficient (Wildman–Crippen LogP) is 4.89. The normalized spacial score (nSPS) is 13.5. The summed E-state index contributed by atoms with van der Waals surface area (Å²) in [5.41, 5.74) is 5.46. The summed E-state index contributed by atoms with van der Waals surface area (Å²) >= 11 is 0. The van der Waals surface area contributed by atoms with Crippen LogP contribution in [0.15, 0.2) is 42.5 Å². The SMILES string of the molecule is COC(=O)Nc1ccc2c(c1)c1c(n2Cc2cccc(F)c2)CCCC1. The van der Waals surface area contributed by atoms with Gasteiger partial charge in [0.2, 0.25) is 0 Å². The molecule has 1 N–H and O–H groups in total. The van der Waals surface area contributed by atoms with Gasteiger partial charge in [0.05, 0.1) is 7.11 Å². The number of hydrogen-bond acceptors (Lipinski definition) is 2. The molecule has 1 aromatic heterocycles. The number of carbonyl (C=O) groups is 1. The molecule has 0 fully saturated rings. The first-order chi connectivity index (χ1) is 12.7. The molecule has 0 atom stereocenters. The van der Waals surface area contributed by atoms with Crippen LogP contribution in [0.2, 0.25) is 0 Å². The van der Waals surface area contributed by atoms with Crippen molar-refractivity contribution >= 4 is 22.7 Å². The highest BCUT2D eigenvalue weighted by Gasteiger charge is 2.20. The third-order valence-electron chi connectivity index (χ3n) is 5.04. The number of methoxy groups -OCH3 is 1. The third-order valence-corrected chi connectivity index (χ3v) is 5.04. The van der Waals surface area contributed by atoms with Gasteiger partial charge >= 0.3 is 6.09 Å². The smallest absolute Gasteiger partial charge is 0.411 e. The van der Waals surface area contributed by atoms with Crippen LogP contribution in [-0.2, 0) is 24.1 Å². The van der Waals surface area contributed by atoms with Gasteiger partial charge in [-0.25, -0.2) is 9.18 Å². The summed E-state index contributed by atoms with van der Waals surface area (Å²) in [7, 11) is 1.35. The van der Waals surface area contributed by atoms with Crippen molar-refractivity contribution in [2.45, 2.75) is 32.2 Å². The molecule has 5 heteroatoms. The zero-order valence-electron chi connectivity index (χ0n) is 14.7.